The van der Waals surface area contributed by atoms with E-state index in [0.717, 1.165) is 28.9 Å². The second-order valence-corrected chi connectivity index (χ2v) is 9.74. The summed E-state index contributed by atoms with van der Waals surface area (Å²) in [7, 11) is -2.23. The number of methoxy groups -OCH3 is 1. The molecule has 2 aliphatic heterocycles. The summed E-state index contributed by atoms with van der Waals surface area (Å²) in [6.07, 6.45) is 2.43. The molecule has 0 atom stereocenters. The van der Waals surface area contributed by atoms with Gasteiger partial charge >= 0.3 is 0 Å². The molecule has 0 aromatic heterocycles. The number of ether oxygens (including phenoxy) is 3. The Morgan fingerprint density at radius 3 is 2.53 bits per heavy atom. The van der Waals surface area contributed by atoms with Gasteiger partial charge < -0.3 is 14.2 Å². The third-order valence-corrected chi connectivity index (χ3v) is 6.43. The molecule has 12 heteroatoms. The molecule has 0 saturated heterocycles. The Labute approximate surface area is 200 Å². The van der Waals surface area contributed by atoms with Crippen LogP contribution in [0.5, 0.6) is 17.2 Å². The summed E-state index contributed by atoms with van der Waals surface area (Å²) in [5.41, 5.74) is 0.468. The fourth-order valence-corrected chi connectivity index (χ4v) is 4.97. The van der Waals surface area contributed by atoms with Crippen molar-refractivity contribution in [2.45, 2.75) is 0 Å². The maximum absolute atomic E-state index is 12.5. The minimum Gasteiger partial charge on any atom is -0.493 e. The average Bonchev–Trinajstić information content (AvgIpc) is 3.25. The molecular formula is C22H20N4O6S2. The SMILES string of the molecule is COc1cc(/C=C2/C(=N)N3C(=NC2=O)SN=C3S(C)(=O)=O)ccc1OCCOc1ccccc1. The van der Waals surface area contributed by atoms with Crippen LogP contribution in [0.4, 0.5) is 0 Å². The fourth-order valence-electron chi connectivity index (χ4n) is 3.13. The highest BCUT2D eigenvalue weighted by molar-refractivity contribution is 8.16. The molecule has 2 aromatic rings. The predicted octanol–water partition coefficient (Wildman–Crippen LogP) is 2.77. The van der Waals surface area contributed by atoms with Gasteiger partial charge in [-0.25, -0.2) is 13.3 Å². The number of nitrogens with one attached hydrogen (secondary N) is 1. The van der Waals surface area contributed by atoms with E-state index in [-0.39, 0.29) is 28.4 Å². The van der Waals surface area contributed by atoms with Crippen molar-refractivity contribution in [2.24, 2.45) is 9.39 Å². The molecule has 34 heavy (non-hydrogen) atoms. The molecule has 2 aromatic carbocycles. The zero-order valence-corrected chi connectivity index (χ0v) is 19.9. The van der Waals surface area contributed by atoms with E-state index in [4.69, 9.17) is 19.6 Å². The quantitative estimate of drug-likeness (QED) is 0.349. The van der Waals surface area contributed by atoms with E-state index in [1.54, 1.807) is 18.2 Å². The minimum atomic E-state index is -3.72. The van der Waals surface area contributed by atoms with Crippen molar-refractivity contribution in [3.8, 4) is 17.2 Å². The second kappa shape index (κ2) is 9.69. The molecule has 0 fully saturated rings. The molecule has 176 valence electrons. The van der Waals surface area contributed by atoms with Crippen LogP contribution in [-0.4, -0.2) is 62.0 Å². The van der Waals surface area contributed by atoms with Gasteiger partial charge in [-0.15, -0.1) is 0 Å². The van der Waals surface area contributed by atoms with Gasteiger partial charge in [0.05, 0.1) is 24.6 Å². The maximum Gasteiger partial charge on any atom is 0.283 e. The maximum atomic E-state index is 12.5. The van der Waals surface area contributed by atoms with Gasteiger partial charge in [0, 0.05) is 6.26 Å². The third kappa shape index (κ3) is 4.97. The number of hydrogen-bond acceptors (Lipinski definition) is 9. The Bertz CT molecular complexity index is 1340. The highest BCUT2D eigenvalue weighted by atomic mass is 32.2. The minimum absolute atomic E-state index is 0.0339. The van der Waals surface area contributed by atoms with Crippen LogP contribution in [0.25, 0.3) is 6.08 Å². The number of para-hydroxylation sites is 1. The number of hydrogen-bond donors (Lipinski definition) is 1. The Morgan fingerprint density at radius 2 is 1.82 bits per heavy atom. The average molecular weight is 501 g/mol. The van der Waals surface area contributed by atoms with Crippen LogP contribution in [0.3, 0.4) is 0 Å². The summed E-state index contributed by atoms with van der Waals surface area (Å²) in [5.74, 6) is 0.663. The van der Waals surface area contributed by atoms with Gasteiger partial charge in [0.1, 0.15) is 24.8 Å². The molecule has 0 radical (unpaired) electrons. The first-order valence-corrected chi connectivity index (χ1v) is 12.6. The Kier molecular flexibility index (Phi) is 6.70. The number of aliphatic imine (C=N–C) groups is 1. The summed E-state index contributed by atoms with van der Waals surface area (Å²) < 4.78 is 44.6. The Balaban J connectivity index is 1.50. The largest absolute Gasteiger partial charge is 0.493 e. The molecule has 0 bridgehead atoms. The lowest BCUT2D eigenvalue weighted by Gasteiger charge is -2.23. The van der Waals surface area contributed by atoms with Crippen molar-refractivity contribution in [1.82, 2.24) is 4.90 Å². The van der Waals surface area contributed by atoms with Crippen molar-refractivity contribution in [2.75, 3.05) is 26.6 Å². The molecule has 0 unspecified atom stereocenters. The summed E-state index contributed by atoms with van der Waals surface area (Å²) in [4.78, 5) is 17.4. The lowest BCUT2D eigenvalue weighted by Crippen LogP contribution is -2.45. The van der Waals surface area contributed by atoms with E-state index in [9.17, 15) is 13.2 Å². The summed E-state index contributed by atoms with van der Waals surface area (Å²) in [5, 5.41) is 8.11. The molecular weight excluding hydrogens is 480 g/mol. The number of carbonyl (C=O) groups excluding carboxylic acids is 1. The monoisotopic (exact) mass is 500 g/mol. The van der Waals surface area contributed by atoms with Gasteiger partial charge in [-0.3, -0.25) is 10.2 Å². The van der Waals surface area contributed by atoms with E-state index >= 15 is 0 Å². The fraction of sp³-hybridized carbons (Fsp3) is 0.182. The Hall–Kier alpha value is -3.64. The second-order valence-electron chi connectivity index (χ2n) is 7.10. The van der Waals surface area contributed by atoms with Gasteiger partial charge in [0.15, 0.2) is 11.5 Å². The van der Waals surface area contributed by atoms with E-state index in [2.05, 4.69) is 9.39 Å². The number of amides is 1. The standard InChI is InChI=1S/C22H20N4O6S2/c1-30-18-13-14(8-9-17(18)32-11-10-31-15-6-4-3-5-7-15)12-16-19(23)26-21(24-20(16)27)33-25-22(26)34(2,28)29/h3-9,12-13,23H,10-11H2,1-2H3/b16-12-,23-19?. The Morgan fingerprint density at radius 1 is 1.09 bits per heavy atom. The highest BCUT2D eigenvalue weighted by Gasteiger charge is 2.41. The molecule has 1 N–H and O–H groups in total. The topological polar surface area (TPSA) is 131 Å². The number of amidine groups is 3. The van der Waals surface area contributed by atoms with Gasteiger partial charge in [-0.2, -0.15) is 9.39 Å². The number of fused-ring (bicyclic) bond motifs is 1. The van der Waals surface area contributed by atoms with Gasteiger partial charge in [0.25, 0.3) is 5.91 Å². The number of nitrogens with zero attached hydrogens (tertiary/aromatic N) is 3. The number of rotatable bonds is 7. The van der Waals surface area contributed by atoms with Crippen LogP contribution in [0, 0.1) is 5.41 Å². The zero-order valence-electron chi connectivity index (χ0n) is 18.2. The highest BCUT2D eigenvalue weighted by Crippen LogP contribution is 2.32. The molecule has 0 spiro atoms. The zero-order chi connectivity index (χ0) is 24.3. The first-order valence-electron chi connectivity index (χ1n) is 9.95. The van der Waals surface area contributed by atoms with Crippen molar-refractivity contribution < 1.29 is 27.4 Å². The van der Waals surface area contributed by atoms with Gasteiger partial charge in [0.2, 0.25) is 20.2 Å². The molecule has 2 heterocycles. The lowest BCUT2D eigenvalue weighted by atomic mass is 10.1. The van der Waals surface area contributed by atoms with Crippen LogP contribution in [0.15, 0.2) is 63.5 Å². The van der Waals surface area contributed by atoms with Crippen LogP contribution in [-0.2, 0) is 14.6 Å². The van der Waals surface area contributed by atoms with Crippen LogP contribution in [0.1, 0.15) is 5.56 Å². The van der Waals surface area contributed by atoms with Crippen molar-refractivity contribution in [1.29, 1.82) is 5.41 Å². The van der Waals surface area contributed by atoms with Crippen LogP contribution >= 0.6 is 11.9 Å². The number of benzene rings is 2. The van der Waals surface area contributed by atoms with E-state index in [1.807, 2.05) is 30.3 Å². The van der Waals surface area contributed by atoms with E-state index in [0.29, 0.717) is 23.7 Å². The molecule has 4 rings (SSSR count). The molecule has 0 aliphatic carbocycles. The number of sulfone groups is 1. The van der Waals surface area contributed by atoms with Crippen LogP contribution in [0.2, 0.25) is 0 Å². The van der Waals surface area contributed by atoms with E-state index in [1.165, 1.54) is 13.2 Å². The molecule has 0 saturated carbocycles. The molecule has 10 nitrogen and oxygen atoms in total. The normalized spacial score (nSPS) is 16.8. The van der Waals surface area contributed by atoms with E-state index < -0.39 is 15.7 Å². The van der Waals surface area contributed by atoms with Gasteiger partial charge in [-0.1, -0.05) is 24.3 Å². The van der Waals surface area contributed by atoms with Crippen molar-refractivity contribution in [3.63, 3.8) is 0 Å². The van der Waals surface area contributed by atoms with Crippen LogP contribution < -0.4 is 14.2 Å². The van der Waals surface area contributed by atoms with Crippen molar-refractivity contribution >= 4 is 49.9 Å². The summed E-state index contributed by atoms with van der Waals surface area (Å²) >= 11 is 0.742. The third-order valence-electron chi connectivity index (χ3n) is 4.68. The molecule has 1 amide bonds. The smallest absolute Gasteiger partial charge is 0.283 e. The first-order chi connectivity index (χ1) is 16.3. The summed E-state index contributed by atoms with van der Waals surface area (Å²) in [6, 6.07) is 14.4. The lowest BCUT2D eigenvalue weighted by molar-refractivity contribution is -0.114. The first kappa shape index (κ1) is 23.5. The predicted molar refractivity (Wildman–Crippen MR) is 130 cm³/mol. The van der Waals surface area contributed by atoms with Gasteiger partial charge in [-0.05, 0) is 35.9 Å². The molecule has 2 aliphatic rings. The number of carbonyl (C=O) groups is 1. The van der Waals surface area contributed by atoms with Crippen molar-refractivity contribution in [3.05, 3.63) is 59.7 Å². The summed E-state index contributed by atoms with van der Waals surface area (Å²) in [6.45, 7) is 0.621.